The summed E-state index contributed by atoms with van der Waals surface area (Å²) in [5.74, 6) is -0.877. The predicted molar refractivity (Wildman–Crippen MR) is 165 cm³/mol. The van der Waals surface area contributed by atoms with Gasteiger partial charge >= 0.3 is 0 Å². The number of carbonyl (C=O) groups is 2. The van der Waals surface area contributed by atoms with Crippen molar-refractivity contribution < 1.29 is 18.0 Å². The number of hydrogen-bond donors (Lipinski definition) is 3. The summed E-state index contributed by atoms with van der Waals surface area (Å²) in [7, 11) is -3.79. The van der Waals surface area contributed by atoms with Crippen LogP contribution in [0, 0.1) is 0 Å². The minimum absolute atomic E-state index is 0.00405. The van der Waals surface area contributed by atoms with Gasteiger partial charge in [0.15, 0.2) is 15.5 Å². The second-order valence-electron chi connectivity index (χ2n) is 11.5. The van der Waals surface area contributed by atoms with Crippen molar-refractivity contribution in [2.75, 3.05) is 17.3 Å². The van der Waals surface area contributed by atoms with Crippen LogP contribution < -0.4 is 11.1 Å². The number of rotatable bonds is 6. The molecule has 0 radical (unpaired) electrons. The Bertz CT molecular complexity index is 2040. The second kappa shape index (κ2) is 10.8. The molecule has 1 aromatic carbocycles. The molecule has 14 nitrogen and oxygen atoms in total. The van der Waals surface area contributed by atoms with Crippen molar-refractivity contribution in [3.05, 3.63) is 66.4 Å². The van der Waals surface area contributed by atoms with E-state index in [9.17, 15) is 18.0 Å². The van der Waals surface area contributed by atoms with Crippen molar-refractivity contribution >= 4 is 39.1 Å². The van der Waals surface area contributed by atoms with Gasteiger partial charge in [-0.2, -0.15) is 14.6 Å². The first-order valence-electron chi connectivity index (χ1n) is 14.5. The normalized spacial score (nSPS) is 19.6. The fourth-order valence-electron chi connectivity index (χ4n) is 6.64. The van der Waals surface area contributed by atoms with E-state index in [-0.39, 0.29) is 52.3 Å². The first-order valence-corrected chi connectivity index (χ1v) is 16.4. The molecule has 2 atom stereocenters. The molecule has 230 valence electrons. The largest absolute Gasteiger partial charge is 0.382 e. The molecule has 0 aliphatic carbocycles. The number of piperidine rings is 1. The Kier molecular flexibility index (Phi) is 6.84. The predicted octanol–water partition coefficient (Wildman–Crippen LogP) is 3.07. The van der Waals surface area contributed by atoms with Crippen LogP contribution in [-0.2, 0) is 14.6 Å². The van der Waals surface area contributed by atoms with Gasteiger partial charge in [0.2, 0.25) is 17.7 Å². The molecule has 2 unspecified atom stereocenters. The van der Waals surface area contributed by atoms with Crippen molar-refractivity contribution in [2.24, 2.45) is 0 Å². The van der Waals surface area contributed by atoms with Crippen molar-refractivity contribution in [1.82, 2.24) is 39.7 Å². The van der Waals surface area contributed by atoms with Gasteiger partial charge in [0, 0.05) is 54.1 Å². The van der Waals surface area contributed by atoms with E-state index in [1.807, 2.05) is 42.5 Å². The van der Waals surface area contributed by atoms with Crippen LogP contribution in [0.2, 0.25) is 0 Å². The molecule has 2 fully saturated rings. The number of carbonyl (C=O) groups excluding carboxylic acids is 2. The Morgan fingerprint density at radius 2 is 1.73 bits per heavy atom. The maximum Gasteiger partial charge on any atom is 0.291 e. The average molecular weight is 627 g/mol. The number of nitrogens with one attached hydrogen (secondary N) is 2. The van der Waals surface area contributed by atoms with E-state index in [1.54, 1.807) is 17.3 Å². The van der Waals surface area contributed by atoms with E-state index >= 15 is 0 Å². The summed E-state index contributed by atoms with van der Waals surface area (Å²) in [6.45, 7) is 1.33. The number of anilines is 2. The zero-order chi connectivity index (χ0) is 31.5. The standard InChI is InChI=1S/C30H30N10O4S/c1-16(41)34-30-36-27(37-38-30)29(42)39-20-9-10-21(39)13-19(12-20)24-25(45(2,43)44)26(31)40-28(35-24)22(15-33-40)18-8-11-23(32-14-18)17-6-4-3-5-7-17/h3-8,11,14-15,19-21H,9-10,12-13,31H2,1-2H3,(H2,34,36,37,38,41). The second-order valence-corrected chi connectivity index (χ2v) is 13.5. The van der Waals surface area contributed by atoms with Crippen LogP contribution in [-0.4, -0.2) is 78.2 Å². The molecule has 5 aromatic rings. The molecule has 45 heavy (non-hydrogen) atoms. The van der Waals surface area contributed by atoms with Crippen molar-refractivity contribution in [1.29, 1.82) is 0 Å². The van der Waals surface area contributed by atoms with Crippen LogP contribution in [0.4, 0.5) is 11.8 Å². The maximum absolute atomic E-state index is 13.5. The number of H-pyrrole nitrogens is 1. The lowest BCUT2D eigenvalue weighted by Crippen LogP contribution is -2.46. The molecule has 4 aromatic heterocycles. The first-order chi connectivity index (χ1) is 21.6. The lowest BCUT2D eigenvalue weighted by molar-refractivity contribution is -0.114. The number of aromatic nitrogens is 7. The zero-order valence-corrected chi connectivity index (χ0v) is 25.3. The highest BCUT2D eigenvalue weighted by molar-refractivity contribution is 7.91. The molecule has 2 aliphatic rings. The molecule has 2 aliphatic heterocycles. The SMILES string of the molecule is CC(=O)Nc1n[nH]c(C(=O)N2C3CCC2CC(c2nc4c(-c5ccc(-c6ccccc6)nc5)cnn4c(N)c2S(C)(=O)=O)C3)n1. The Morgan fingerprint density at radius 1 is 1.00 bits per heavy atom. The molecule has 2 saturated heterocycles. The summed E-state index contributed by atoms with van der Waals surface area (Å²) in [5.41, 5.74) is 10.6. The Labute approximate surface area is 258 Å². The van der Waals surface area contributed by atoms with Gasteiger partial charge in [-0.25, -0.2) is 13.4 Å². The topological polar surface area (TPSA) is 194 Å². The number of aromatic amines is 1. The van der Waals surface area contributed by atoms with Gasteiger partial charge in [-0.05, 0) is 31.7 Å². The van der Waals surface area contributed by atoms with E-state index in [1.165, 1.54) is 11.4 Å². The lowest BCUT2D eigenvalue weighted by Gasteiger charge is -2.38. The number of sulfone groups is 1. The van der Waals surface area contributed by atoms with Gasteiger partial charge in [0.1, 0.15) is 10.7 Å². The fraction of sp³-hybridized carbons (Fsp3) is 0.300. The van der Waals surface area contributed by atoms with Crippen LogP contribution in [0.3, 0.4) is 0 Å². The third-order valence-corrected chi connectivity index (χ3v) is 9.67. The summed E-state index contributed by atoms with van der Waals surface area (Å²) in [4.78, 5) is 40.3. The molecule has 2 amide bonds. The summed E-state index contributed by atoms with van der Waals surface area (Å²) in [6.07, 6.45) is 6.98. The molecule has 0 spiro atoms. The smallest absolute Gasteiger partial charge is 0.291 e. The van der Waals surface area contributed by atoms with E-state index in [2.05, 4.69) is 30.6 Å². The monoisotopic (exact) mass is 626 g/mol. The fourth-order valence-corrected chi connectivity index (χ4v) is 7.69. The van der Waals surface area contributed by atoms with Gasteiger partial charge in [-0.15, -0.1) is 5.10 Å². The highest BCUT2D eigenvalue weighted by Gasteiger charge is 2.46. The van der Waals surface area contributed by atoms with E-state index in [0.29, 0.717) is 29.7 Å². The van der Waals surface area contributed by atoms with Gasteiger partial charge in [0.05, 0.1) is 17.6 Å². The number of benzene rings is 1. The minimum Gasteiger partial charge on any atom is -0.382 e. The van der Waals surface area contributed by atoms with Crippen LogP contribution in [0.15, 0.2) is 59.8 Å². The Hall–Kier alpha value is -5.18. The Morgan fingerprint density at radius 3 is 2.38 bits per heavy atom. The van der Waals surface area contributed by atoms with Gasteiger partial charge < -0.3 is 10.6 Å². The van der Waals surface area contributed by atoms with E-state index in [4.69, 9.17) is 10.7 Å². The molecule has 6 heterocycles. The molecule has 7 rings (SSSR count). The quantitative estimate of drug-likeness (QED) is 0.252. The summed E-state index contributed by atoms with van der Waals surface area (Å²) in [5, 5.41) is 13.4. The van der Waals surface area contributed by atoms with E-state index in [0.717, 1.165) is 35.9 Å². The molecular formula is C30H30N10O4S. The average Bonchev–Trinajstić information content (AvgIpc) is 3.72. The van der Waals surface area contributed by atoms with E-state index < -0.39 is 9.84 Å². The van der Waals surface area contributed by atoms with Crippen LogP contribution in [0.25, 0.3) is 28.0 Å². The Balaban J connectivity index is 1.23. The van der Waals surface area contributed by atoms with Gasteiger partial charge in [0.25, 0.3) is 5.91 Å². The number of nitrogens with zero attached hydrogens (tertiary/aromatic N) is 7. The highest BCUT2D eigenvalue weighted by Crippen LogP contribution is 2.45. The molecule has 0 saturated carbocycles. The molecule has 4 N–H and O–H groups in total. The number of nitrogens with two attached hydrogens (primary N) is 1. The van der Waals surface area contributed by atoms with Gasteiger partial charge in [-0.1, -0.05) is 36.4 Å². The third-order valence-electron chi connectivity index (χ3n) is 8.51. The van der Waals surface area contributed by atoms with Crippen LogP contribution >= 0.6 is 0 Å². The van der Waals surface area contributed by atoms with Crippen molar-refractivity contribution in [3.63, 3.8) is 0 Å². The number of hydrogen-bond acceptors (Lipinski definition) is 10. The molecule has 15 heteroatoms. The van der Waals surface area contributed by atoms with Crippen molar-refractivity contribution in [2.45, 2.75) is 55.5 Å². The number of fused-ring (bicyclic) bond motifs is 3. The number of amides is 2. The van der Waals surface area contributed by atoms with Crippen molar-refractivity contribution in [3.8, 4) is 22.4 Å². The maximum atomic E-state index is 13.5. The van der Waals surface area contributed by atoms with Crippen LogP contribution in [0.5, 0.6) is 0 Å². The summed E-state index contributed by atoms with van der Waals surface area (Å²) < 4.78 is 27.6. The molecule has 2 bridgehead atoms. The molecular weight excluding hydrogens is 596 g/mol. The third kappa shape index (κ3) is 5.08. The minimum atomic E-state index is -3.79. The lowest BCUT2D eigenvalue weighted by atomic mass is 9.87. The number of pyridine rings is 1. The zero-order valence-electron chi connectivity index (χ0n) is 24.5. The first kappa shape index (κ1) is 28.6. The van der Waals surface area contributed by atoms with Gasteiger partial charge in [-0.3, -0.25) is 25.0 Å². The van der Waals surface area contributed by atoms with Crippen LogP contribution in [0.1, 0.15) is 54.8 Å². The summed E-state index contributed by atoms with van der Waals surface area (Å²) in [6, 6.07) is 13.3. The summed E-state index contributed by atoms with van der Waals surface area (Å²) >= 11 is 0. The number of nitrogen functional groups attached to an aromatic ring is 1. The highest BCUT2D eigenvalue weighted by atomic mass is 32.2.